The molecule has 6 heteroatoms. The summed E-state index contributed by atoms with van der Waals surface area (Å²) >= 11 is 7.24. The van der Waals surface area contributed by atoms with Gasteiger partial charge in [-0.2, -0.15) is 0 Å². The molecule has 18 heavy (non-hydrogen) atoms. The number of aryl methyl sites for hydroxylation is 1. The molecular formula is C12H10ClFN2OS. The van der Waals surface area contributed by atoms with E-state index in [0.29, 0.717) is 0 Å². The van der Waals surface area contributed by atoms with Crippen LogP contribution in [-0.4, -0.2) is 10.9 Å². The molecule has 0 unspecified atom stereocenters. The van der Waals surface area contributed by atoms with Crippen LogP contribution in [0.15, 0.2) is 23.6 Å². The van der Waals surface area contributed by atoms with E-state index >= 15 is 0 Å². The van der Waals surface area contributed by atoms with Crippen LogP contribution in [0.25, 0.3) is 0 Å². The van der Waals surface area contributed by atoms with Gasteiger partial charge in [-0.05, 0) is 19.1 Å². The summed E-state index contributed by atoms with van der Waals surface area (Å²) in [6, 6.07) is 4.14. The predicted molar refractivity (Wildman–Crippen MR) is 69.4 cm³/mol. The van der Waals surface area contributed by atoms with Crippen LogP contribution in [0, 0.1) is 12.7 Å². The van der Waals surface area contributed by atoms with Gasteiger partial charge in [0.2, 0.25) is 0 Å². The van der Waals surface area contributed by atoms with Gasteiger partial charge in [0.15, 0.2) is 0 Å². The predicted octanol–water partition coefficient (Wildman–Crippen LogP) is 3.17. The zero-order valence-electron chi connectivity index (χ0n) is 9.54. The second kappa shape index (κ2) is 5.46. The molecule has 0 radical (unpaired) electrons. The molecular weight excluding hydrogens is 275 g/mol. The topological polar surface area (TPSA) is 42.0 Å². The molecule has 0 aliphatic rings. The number of amides is 1. The van der Waals surface area contributed by atoms with Crippen molar-refractivity contribution in [3.05, 3.63) is 50.7 Å². The third-order valence-corrected chi connectivity index (χ3v) is 3.54. The van der Waals surface area contributed by atoms with Gasteiger partial charge in [0.1, 0.15) is 10.8 Å². The number of carbonyl (C=O) groups is 1. The number of nitrogens with one attached hydrogen (secondary N) is 1. The van der Waals surface area contributed by atoms with E-state index in [0.717, 1.165) is 10.7 Å². The van der Waals surface area contributed by atoms with Gasteiger partial charge < -0.3 is 5.32 Å². The minimum Gasteiger partial charge on any atom is -0.345 e. The average molecular weight is 285 g/mol. The lowest BCUT2D eigenvalue weighted by molar-refractivity contribution is 0.0947. The maximum Gasteiger partial charge on any atom is 0.256 e. The molecule has 1 heterocycles. The Morgan fingerprint density at radius 3 is 2.94 bits per heavy atom. The molecule has 1 aromatic carbocycles. The number of hydrogen-bond acceptors (Lipinski definition) is 3. The van der Waals surface area contributed by atoms with E-state index in [4.69, 9.17) is 11.6 Å². The summed E-state index contributed by atoms with van der Waals surface area (Å²) in [6.45, 7) is 2.14. The smallest absolute Gasteiger partial charge is 0.256 e. The van der Waals surface area contributed by atoms with E-state index < -0.39 is 11.7 Å². The van der Waals surface area contributed by atoms with Crippen molar-refractivity contribution in [3.63, 3.8) is 0 Å². The number of thiazole rings is 1. The maximum absolute atomic E-state index is 13.5. The maximum atomic E-state index is 13.5. The van der Waals surface area contributed by atoms with E-state index in [9.17, 15) is 9.18 Å². The molecule has 0 saturated carbocycles. The highest BCUT2D eigenvalue weighted by atomic mass is 35.5. The molecule has 0 aliphatic carbocycles. The minimum absolute atomic E-state index is 0.0998. The van der Waals surface area contributed by atoms with Crippen molar-refractivity contribution in [2.24, 2.45) is 0 Å². The first-order chi connectivity index (χ1) is 8.58. The third kappa shape index (κ3) is 2.86. The number of benzene rings is 1. The molecule has 0 spiro atoms. The Labute approximate surface area is 113 Å². The van der Waals surface area contributed by atoms with E-state index in [-0.39, 0.29) is 17.1 Å². The lowest BCUT2D eigenvalue weighted by Crippen LogP contribution is -2.24. The Bertz CT molecular complexity index is 565. The van der Waals surface area contributed by atoms with Crippen LogP contribution >= 0.6 is 22.9 Å². The molecule has 1 amide bonds. The molecule has 2 aromatic rings. The molecule has 0 fully saturated rings. The highest BCUT2D eigenvalue weighted by Gasteiger charge is 2.15. The van der Waals surface area contributed by atoms with Crippen molar-refractivity contribution in [1.82, 2.24) is 10.3 Å². The highest BCUT2D eigenvalue weighted by Crippen LogP contribution is 2.19. The van der Waals surface area contributed by atoms with E-state index in [1.807, 2.05) is 12.3 Å². The Morgan fingerprint density at radius 1 is 1.56 bits per heavy atom. The summed E-state index contributed by atoms with van der Waals surface area (Å²) in [6.07, 6.45) is 0. The highest BCUT2D eigenvalue weighted by molar-refractivity contribution is 7.09. The summed E-state index contributed by atoms with van der Waals surface area (Å²) in [7, 11) is 0. The van der Waals surface area contributed by atoms with Crippen LogP contribution in [-0.2, 0) is 6.54 Å². The first kappa shape index (κ1) is 13.0. The largest absolute Gasteiger partial charge is 0.345 e. The van der Waals surface area contributed by atoms with Gasteiger partial charge in [0.25, 0.3) is 5.91 Å². The normalized spacial score (nSPS) is 10.4. The van der Waals surface area contributed by atoms with Crippen LogP contribution in [0.2, 0.25) is 5.02 Å². The SMILES string of the molecule is Cc1csc(CNC(=O)c2c(F)cccc2Cl)n1. The number of hydrogen-bond donors (Lipinski definition) is 1. The number of nitrogens with zero attached hydrogens (tertiary/aromatic N) is 1. The molecule has 3 nitrogen and oxygen atoms in total. The zero-order chi connectivity index (χ0) is 13.1. The lowest BCUT2D eigenvalue weighted by Gasteiger charge is -2.06. The van der Waals surface area contributed by atoms with Crippen LogP contribution < -0.4 is 5.32 Å². The summed E-state index contributed by atoms with van der Waals surface area (Å²) in [5.74, 6) is -1.17. The van der Waals surface area contributed by atoms with Crippen LogP contribution in [0.3, 0.4) is 0 Å². The molecule has 1 aromatic heterocycles. The van der Waals surface area contributed by atoms with Gasteiger partial charge in [-0.1, -0.05) is 17.7 Å². The zero-order valence-corrected chi connectivity index (χ0v) is 11.1. The molecule has 1 N–H and O–H groups in total. The fourth-order valence-corrected chi connectivity index (χ4v) is 2.40. The number of rotatable bonds is 3. The number of halogens is 2. The summed E-state index contributed by atoms with van der Waals surface area (Å²) in [5, 5.41) is 5.35. The van der Waals surface area contributed by atoms with Gasteiger partial charge in [0, 0.05) is 11.1 Å². The first-order valence-corrected chi connectivity index (χ1v) is 6.47. The Balaban J connectivity index is 2.08. The Hall–Kier alpha value is -1.46. The average Bonchev–Trinajstić information content (AvgIpc) is 2.72. The van der Waals surface area contributed by atoms with Crippen LogP contribution in [0.5, 0.6) is 0 Å². The molecule has 2 rings (SSSR count). The van der Waals surface area contributed by atoms with E-state index in [1.165, 1.54) is 29.5 Å². The molecule has 94 valence electrons. The van der Waals surface area contributed by atoms with Gasteiger partial charge in [-0.15, -0.1) is 11.3 Å². The quantitative estimate of drug-likeness (QED) is 0.940. The van der Waals surface area contributed by atoms with Gasteiger partial charge in [0.05, 0.1) is 17.1 Å². The number of carbonyl (C=O) groups excluding carboxylic acids is 1. The summed E-state index contributed by atoms with van der Waals surface area (Å²) in [5.41, 5.74) is 0.764. The Kier molecular flexibility index (Phi) is 3.93. The van der Waals surface area contributed by atoms with Crippen LogP contribution in [0.1, 0.15) is 21.1 Å². The summed E-state index contributed by atoms with van der Waals surface area (Å²) < 4.78 is 13.5. The van der Waals surface area contributed by atoms with Crippen molar-refractivity contribution in [1.29, 1.82) is 0 Å². The fourth-order valence-electron chi connectivity index (χ4n) is 1.44. The van der Waals surface area contributed by atoms with Crippen molar-refractivity contribution >= 4 is 28.8 Å². The monoisotopic (exact) mass is 284 g/mol. The first-order valence-electron chi connectivity index (χ1n) is 5.21. The van der Waals surface area contributed by atoms with Gasteiger partial charge in [-0.25, -0.2) is 9.37 Å². The van der Waals surface area contributed by atoms with Crippen molar-refractivity contribution in [3.8, 4) is 0 Å². The molecule has 0 atom stereocenters. The van der Waals surface area contributed by atoms with E-state index in [1.54, 1.807) is 0 Å². The van der Waals surface area contributed by atoms with Gasteiger partial charge >= 0.3 is 0 Å². The number of aromatic nitrogens is 1. The van der Waals surface area contributed by atoms with Crippen LogP contribution in [0.4, 0.5) is 4.39 Å². The fraction of sp³-hybridized carbons (Fsp3) is 0.167. The standard InChI is InChI=1S/C12H10ClFN2OS/c1-7-6-18-10(16-7)5-15-12(17)11-8(13)3-2-4-9(11)14/h2-4,6H,5H2,1H3,(H,15,17). The van der Waals surface area contributed by atoms with Crippen molar-refractivity contribution in [2.45, 2.75) is 13.5 Å². The van der Waals surface area contributed by atoms with E-state index in [2.05, 4.69) is 10.3 Å². The lowest BCUT2D eigenvalue weighted by atomic mass is 10.2. The van der Waals surface area contributed by atoms with Crippen molar-refractivity contribution in [2.75, 3.05) is 0 Å². The Morgan fingerprint density at radius 2 is 2.33 bits per heavy atom. The molecule has 0 bridgehead atoms. The van der Waals surface area contributed by atoms with Gasteiger partial charge in [-0.3, -0.25) is 4.79 Å². The second-order valence-corrected chi connectivity index (χ2v) is 5.01. The minimum atomic E-state index is -0.629. The third-order valence-electron chi connectivity index (χ3n) is 2.26. The van der Waals surface area contributed by atoms with Crippen molar-refractivity contribution < 1.29 is 9.18 Å². The molecule has 0 aliphatic heterocycles. The summed E-state index contributed by atoms with van der Waals surface area (Å²) in [4.78, 5) is 16.0. The molecule has 0 saturated heterocycles. The second-order valence-electron chi connectivity index (χ2n) is 3.66.